The van der Waals surface area contributed by atoms with Crippen LogP contribution in [-0.2, 0) is 4.89 Å². The highest BCUT2D eigenvalue weighted by molar-refractivity contribution is 5.25. The maximum atomic E-state index is 9.23. The van der Waals surface area contributed by atoms with Gasteiger partial charge in [-0.05, 0) is 110 Å². The average molecular weight is 429 g/mol. The zero-order valence-electron chi connectivity index (χ0n) is 21.1. The molecule has 4 rings (SSSR count). The predicted octanol–water partition coefficient (Wildman–Crippen LogP) is 8.30. The van der Waals surface area contributed by atoms with Crippen molar-refractivity contribution >= 4 is 0 Å². The van der Waals surface area contributed by atoms with Gasteiger partial charge >= 0.3 is 0 Å². The van der Waals surface area contributed by atoms with Gasteiger partial charge in [0.1, 0.15) is 0 Å². The van der Waals surface area contributed by atoms with Crippen molar-refractivity contribution in [3.05, 3.63) is 23.8 Å². The molecule has 0 spiro atoms. The van der Waals surface area contributed by atoms with Gasteiger partial charge < -0.3 is 0 Å². The van der Waals surface area contributed by atoms with Crippen LogP contribution in [0.1, 0.15) is 99.3 Å². The second-order valence-electron chi connectivity index (χ2n) is 12.5. The van der Waals surface area contributed by atoms with E-state index in [1.54, 1.807) is 5.57 Å². The van der Waals surface area contributed by atoms with Crippen molar-refractivity contribution in [3.63, 3.8) is 0 Å². The molecule has 0 saturated heterocycles. The average Bonchev–Trinajstić information content (AvgIpc) is 3.10. The second-order valence-corrected chi connectivity index (χ2v) is 12.5. The molecular weight excluding hydrogens is 380 g/mol. The summed E-state index contributed by atoms with van der Waals surface area (Å²) >= 11 is 0. The summed E-state index contributed by atoms with van der Waals surface area (Å²) in [5.74, 6) is 5.59. The van der Waals surface area contributed by atoms with Gasteiger partial charge in [0.25, 0.3) is 0 Å². The van der Waals surface area contributed by atoms with E-state index in [4.69, 9.17) is 4.89 Å². The Morgan fingerprint density at radius 1 is 1.06 bits per heavy atom. The summed E-state index contributed by atoms with van der Waals surface area (Å²) in [6.45, 7) is 14.8. The molecule has 1 N–H and O–H groups in total. The Morgan fingerprint density at radius 2 is 1.84 bits per heavy atom. The van der Waals surface area contributed by atoms with Crippen LogP contribution in [0, 0.1) is 52.3 Å². The lowest BCUT2D eigenvalue weighted by Gasteiger charge is -2.58. The maximum Gasteiger partial charge on any atom is 0.0964 e. The molecule has 0 radical (unpaired) electrons. The van der Waals surface area contributed by atoms with Crippen molar-refractivity contribution in [3.8, 4) is 0 Å². The molecule has 0 heterocycles. The minimum absolute atomic E-state index is 0.0195. The van der Waals surface area contributed by atoms with Crippen LogP contribution in [0.25, 0.3) is 0 Å². The Kier molecular flexibility index (Phi) is 6.82. The second kappa shape index (κ2) is 8.98. The molecule has 0 unspecified atom stereocenters. The summed E-state index contributed by atoms with van der Waals surface area (Å²) in [7, 11) is 0. The van der Waals surface area contributed by atoms with Gasteiger partial charge in [-0.1, -0.05) is 65.3 Å². The molecule has 3 fully saturated rings. The van der Waals surface area contributed by atoms with E-state index >= 15 is 0 Å². The van der Waals surface area contributed by atoms with Crippen molar-refractivity contribution < 1.29 is 10.1 Å². The first-order valence-corrected chi connectivity index (χ1v) is 13.4. The van der Waals surface area contributed by atoms with Crippen LogP contribution in [-0.4, -0.2) is 11.4 Å². The van der Waals surface area contributed by atoms with Gasteiger partial charge in [-0.2, -0.15) is 0 Å². The molecule has 2 nitrogen and oxygen atoms in total. The number of hydrogen-bond donors (Lipinski definition) is 1. The summed E-state index contributed by atoms with van der Waals surface area (Å²) < 4.78 is 0. The van der Waals surface area contributed by atoms with Crippen LogP contribution < -0.4 is 0 Å². The number of allylic oxidation sites excluding steroid dienone is 3. The molecule has 2 heteroatoms. The molecule has 0 aliphatic heterocycles. The fourth-order valence-corrected chi connectivity index (χ4v) is 8.90. The van der Waals surface area contributed by atoms with Crippen LogP contribution in [0.15, 0.2) is 23.8 Å². The molecule has 4 aliphatic carbocycles. The van der Waals surface area contributed by atoms with E-state index in [2.05, 4.69) is 59.8 Å². The third-order valence-corrected chi connectivity index (χ3v) is 10.9. The van der Waals surface area contributed by atoms with Crippen molar-refractivity contribution in [2.45, 2.75) is 105 Å². The zero-order chi connectivity index (χ0) is 22.4. The van der Waals surface area contributed by atoms with Gasteiger partial charge in [-0.3, -0.25) is 5.26 Å². The topological polar surface area (TPSA) is 29.5 Å². The highest BCUT2D eigenvalue weighted by Crippen LogP contribution is 2.67. The first-order chi connectivity index (χ1) is 14.7. The normalized spacial score (nSPS) is 44.5. The van der Waals surface area contributed by atoms with E-state index in [1.807, 2.05) is 0 Å². The van der Waals surface area contributed by atoms with E-state index in [-0.39, 0.29) is 6.10 Å². The minimum Gasteiger partial charge on any atom is -0.252 e. The Labute approximate surface area is 191 Å². The van der Waals surface area contributed by atoms with Crippen LogP contribution in [0.2, 0.25) is 0 Å². The van der Waals surface area contributed by atoms with E-state index in [9.17, 15) is 5.26 Å². The summed E-state index contributed by atoms with van der Waals surface area (Å²) in [4.78, 5) is 4.76. The fraction of sp³-hybridized carbons (Fsp3) is 0.862. The highest BCUT2D eigenvalue weighted by atomic mass is 17.1. The van der Waals surface area contributed by atoms with E-state index in [0.717, 1.165) is 48.3 Å². The lowest BCUT2D eigenvalue weighted by atomic mass is 9.47. The number of fused-ring (bicyclic) bond motifs is 5. The molecule has 0 bridgehead atoms. The summed E-state index contributed by atoms with van der Waals surface area (Å²) in [6, 6.07) is 0. The largest absolute Gasteiger partial charge is 0.252 e. The van der Waals surface area contributed by atoms with Gasteiger partial charge in [0.15, 0.2) is 0 Å². The molecule has 0 aromatic heterocycles. The summed E-state index contributed by atoms with van der Waals surface area (Å²) in [5, 5.41) is 9.23. The standard InChI is InChI=1S/C29H48O2/c1-7-21(19(2)3)9-8-20(4)25-12-13-26-24-11-10-22-18-23(31-30)14-16-28(22,5)27(24)15-17-29(25,26)6/h8-10,19-21,23-27,30H,7,11-18H2,1-6H3/b9-8+/t20-,21+,23+,24+,25-,26+,27+,28+,29-/m1/s1. The third kappa shape index (κ3) is 3.99. The Bertz CT molecular complexity index is 693. The van der Waals surface area contributed by atoms with Crippen LogP contribution in [0.4, 0.5) is 0 Å². The Hall–Kier alpha value is -0.600. The first-order valence-electron chi connectivity index (χ1n) is 13.4. The summed E-state index contributed by atoms with van der Waals surface area (Å²) in [6.07, 6.45) is 19.0. The zero-order valence-corrected chi connectivity index (χ0v) is 21.1. The quantitative estimate of drug-likeness (QED) is 0.262. The third-order valence-electron chi connectivity index (χ3n) is 10.9. The van der Waals surface area contributed by atoms with Crippen LogP contribution in [0.5, 0.6) is 0 Å². The molecule has 9 atom stereocenters. The van der Waals surface area contributed by atoms with Gasteiger partial charge in [-0.25, -0.2) is 4.89 Å². The molecule has 176 valence electrons. The molecule has 0 aromatic rings. The molecule has 3 saturated carbocycles. The minimum atomic E-state index is 0.0195. The van der Waals surface area contributed by atoms with Gasteiger partial charge in [-0.15, -0.1) is 0 Å². The maximum absolute atomic E-state index is 9.23. The predicted molar refractivity (Wildman–Crippen MR) is 130 cm³/mol. The first kappa shape index (κ1) is 23.6. The lowest BCUT2D eigenvalue weighted by molar-refractivity contribution is -0.284. The smallest absolute Gasteiger partial charge is 0.0964 e. The Morgan fingerprint density at radius 3 is 2.52 bits per heavy atom. The van der Waals surface area contributed by atoms with Crippen molar-refractivity contribution in [2.75, 3.05) is 0 Å². The van der Waals surface area contributed by atoms with Crippen LogP contribution >= 0.6 is 0 Å². The van der Waals surface area contributed by atoms with Crippen molar-refractivity contribution in [1.29, 1.82) is 0 Å². The van der Waals surface area contributed by atoms with E-state index in [0.29, 0.717) is 16.7 Å². The van der Waals surface area contributed by atoms with E-state index in [1.165, 1.54) is 44.9 Å². The summed E-state index contributed by atoms with van der Waals surface area (Å²) in [5.41, 5.74) is 2.44. The monoisotopic (exact) mass is 428 g/mol. The molecule has 0 amide bonds. The number of rotatable bonds is 6. The van der Waals surface area contributed by atoms with Gasteiger partial charge in [0.2, 0.25) is 0 Å². The molecule has 31 heavy (non-hydrogen) atoms. The van der Waals surface area contributed by atoms with Crippen LogP contribution in [0.3, 0.4) is 0 Å². The van der Waals surface area contributed by atoms with Crippen molar-refractivity contribution in [1.82, 2.24) is 0 Å². The lowest BCUT2D eigenvalue weighted by Crippen LogP contribution is -2.50. The van der Waals surface area contributed by atoms with Gasteiger partial charge in [0.05, 0.1) is 6.10 Å². The number of hydrogen-bond acceptors (Lipinski definition) is 2. The highest BCUT2D eigenvalue weighted by Gasteiger charge is 2.59. The Balaban J connectivity index is 1.51. The van der Waals surface area contributed by atoms with Crippen molar-refractivity contribution in [2.24, 2.45) is 52.3 Å². The fourth-order valence-electron chi connectivity index (χ4n) is 8.90. The van der Waals surface area contributed by atoms with E-state index < -0.39 is 0 Å². The molecular formula is C29H48O2. The molecule has 4 aliphatic rings. The molecule has 0 aromatic carbocycles. The SMILES string of the molecule is CC[C@@H](/C=C/[C@@H](C)[C@H]1CC[C@H]2[C@@H]3CC=C4C[C@@H](OO)CC[C@]4(C)[C@H]3CC[C@]12C)C(C)C. The van der Waals surface area contributed by atoms with Gasteiger partial charge in [0, 0.05) is 0 Å².